The standard InChI is InChI=1S/C7H7NO2S/c9-6-5(8-7(6)10)4-2-1-3-11-4/h1-3,5-6,9H,(H,8,10)/t5?,6-/m1/s1. The zero-order chi connectivity index (χ0) is 7.84. The van der Waals surface area contributed by atoms with E-state index in [1.54, 1.807) is 0 Å². The number of amides is 1. The molecule has 1 aliphatic heterocycles. The fourth-order valence-electron chi connectivity index (χ4n) is 1.07. The SMILES string of the molecule is O=C1NC(c2cccs2)[C@H]1O. The Morgan fingerprint density at radius 1 is 1.64 bits per heavy atom. The predicted octanol–water partition coefficient (Wildman–Crippen LogP) is 0.280. The lowest BCUT2D eigenvalue weighted by atomic mass is 10.0. The second-order valence-corrected chi connectivity index (χ2v) is 3.43. The van der Waals surface area contributed by atoms with E-state index >= 15 is 0 Å². The largest absolute Gasteiger partial charge is 0.381 e. The van der Waals surface area contributed by atoms with E-state index in [1.807, 2.05) is 17.5 Å². The molecule has 0 aliphatic carbocycles. The van der Waals surface area contributed by atoms with Crippen LogP contribution in [0.4, 0.5) is 0 Å². The van der Waals surface area contributed by atoms with Gasteiger partial charge in [-0.15, -0.1) is 11.3 Å². The van der Waals surface area contributed by atoms with Crippen LogP contribution in [0.3, 0.4) is 0 Å². The quantitative estimate of drug-likeness (QED) is 0.593. The van der Waals surface area contributed by atoms with E-state index in [-0.39, 0.29) is 11.9 Å². The molecule has 1 fully saturated rings. The molecule has 1 aromatic rings. The highest BCUT2D eigenvalue weighted by molar-refractivity contribution is 7.10. The molecule has 0 spiro atoms. The van der Waals surface area contributed by atoms with Gasteiger partial charge in [0.1, 0.15) is 0 Å². The Balaban J connectivity index is 2.15. The number of hydrogen-bond acceptors (Lipinski definition) is 3. The van der Waals surface area contributed by atoms with Crippen LogP contribution in [0.15, 0.2) is 17.5 Å². The van der Waals surface area contributed by atoms with Gasteiger partial charge in [0, 0.05) is 4.88 Å². The fraction of sp³-hybridized carbons (Fsp3) is 0.286. The van der Waals surface area contributed by atoms with Gasteiger partial charge in [0.25, 0.3) is 5.91 Å². The van der Waals surface area contributed by atoms with Crippen LogP contribution in [0.1, 0.15) is 10.9 Å². The average Bonchev–Trinajstić information content (AvgIpc) is 2.51. The Bertz CT molecular complexity index is 270. The zero-order valence-corrected chi connectivity index (χ0v) is 6.47. The molecule has 2 heterocycles. The molecule has 11 heavy (non-hydrogen) atoms. The molecule has 3 nitrogen and oxygen atoms in total. The van der Waals surface area contributed by atoms with E-state index in [9.17, 15) is 4.79 Å². The lowest BCUT2D eigenvalue weighted by Gasteiger charge is -2.31. The number of hydrogen-bond donors (Lipinski definition) is 2. The Morgan fingerprint density at radius 3 is 2.91 bits per heavy atom. The Labute approximate surface area is 67.7 Å². The number of β-lactam (4-membered cyclic amide) rings is 1. The van der Waals surface area contributed by atoms with Crippen LogP contribution >= 0.6 is 11.3 Å². The van der Waals surface area contributed by atoms with Gasteiger partial charge in [-0.1, -0.05) is 6.07 Å². The summed E-state index contributed by atoms with van der Waals surface area (Å²) in [6.07, 6.45) is -0.839. The first-order valence-corrected chi connectivity index (χ1v) is 4.19. The molecule has 0 aromatic carbocycles. The first-order chi connectivity index (χ1) is 5.29. The number of aliphatic hydroxyl groups excluding tert-OH is 1. The van der Waals surface area contributed by atoms with Crippen molar-refractivity contribution in [2.75, 3.05) is 0 Å². The van der Waals surface area contributed by atoms with Crippen molar-refractivity contribution in [1.29, 1.82) is 0 Å². The summed E-state index contributed by atoms with van der Waals surface area (Å²) in [4.78, 5) is 11.6. The summed E-state index contributed by atoms with van der Waals surface area (Å²) >= 11 is 1.54. The first-order valence-electron chi connectivity index (χ1n) is 3.31. The molecule has 4 heteroatoms. The van der Waals surface area contributed by atoms with E-state index < -0.39 is 6.10 Å². The minimum absolute atomic E-state index is 0.164. The van der Waals surface area contributed by atoms with E-state index in [0.29, 0.717) is 0 Å². The number of thiophene rings is 1. The highest BCUT2D eigenvalue weighted by Crippen LogP contribution is 2.27. The van der Waals surface area contributed by atoms with Crippen LogP contribution in [0.2, 0.25) is 0 Å². The third kappa shape index (κ3) is 0.948. The van der Waals surface area contributed by atoms with Crippen molar-refractivity contribution in [1.82, 2.24) is 5.32 Å². The monoisotopic (exact) mass is 169 g/mol. The van der Waals surface area contributed by atoms with Crippen LogP contribution in [-0.2, 0) is 4.79 Å². The summed E-state index contributed by atoms with van der Waals surface area (Å²) in [6, 6.07) is 3.64. The molecule has 0 saturated carbocycles. The van der Waals surface area contributed by atoms with Gasteiger partial charge in [0.15, 0.2) is 6.10 Å². The summed E-state index contributed by atoms with van der Waals surface area (Å²) in [7, 11) is 0. The van der Waals surface area contributed by atoms with Crippen molar-refractivity contribution in [3.8, 4) is 0 Å². The molecule has 1 unspecified atom stereocenters. The highest BCUT2D eigenvalue weighted by Gasteiger charge is 2.38. The molecule has 2 atom stereocenters. The van der Waals surface area contributed by atoms with Gasteiger partial charge in [-0.2, -0.15) is 0 Å². The van der Waals surface area contributed by atoms with Gasteiger partial charge in [0.05, 0.1) is 6.04 Å². The van der Waals surface area contributed by atoms with Crippen LogP contribution in [0.5, 0.6) is 0 Å². The molecule has 0 bridgehead atoms. The maximum atomic E-state index is 10.6. The van der Waals surface area contributed by atoms with E-state index in [4.69, 9.17) is 5.11 Å². The minimum atomic E-state index is -0.839. The Morgan fingerprint density at radius 2 is 2.45 bits per heavy atom. The van der Waals surface area contributed by atoms with E-state index in [0.717, 1.165) is 4.88 Å². The second kappa shape index (κ2) is 2.32. The van der Waals surface area contributed by atoms with Gasteiger partial charge >= 0.3 is 0 Å². The number of aliphatic hydroxyl groups is 1. The normalized spacial score (nSPS) is 29.4. The molecule has 1 aromatic heterocycles. The summed E-state index contributed by atoms with van der Waals surface area (Å²) in [5, 5.41) is 13.7. The minimum Gasteiger partial charge on any atom is -0.381 e. The molecular formula is C7H7NO2S. The highest BCUT2D eigenvalue weighted by atomic mass is 32.1. The van der Waals surface area contributed by atoms with Crippen molar-refractivity contribution in [3.63, 3.8) is 0 Å². The van der Waals surface area contributed by atoms with Gasteiger partial charge < -0.3 is 10.4 Å². The molecule has 0 radical (unpaired) electrons. The lowest BCUT2D eigenvalue weighted by molar-refractivity contribution is -0.142. The maximum absolute atomic E-state index is 10.6. The van der Waals surface area contributed by atoms with Gasteiger partial charge in [0.2, 0.25) is 0 Å². The second-order valence-electron chi connectivity index (χ2n) is 2.45. The molecule has 58 valence electrons. The van der Waals surface area contributed by atoms with Gasteiger partial charge in [-0.05, 0) is 11.4 Å². The Hall–Kier alpha value is -0.870. The summed E-state index contributed by atoms with van der Waals surface area (Å²) in [5.41, 5.74) is 0. The molecule has 1 saturated heterocycles. The summed E-state index contributed by atoms with van der Waals surface area (Å²) in [5.74, 6) is -0.275. The first kappa shape index (κ1) is 6.82. The van der Waals surface area contributed by atoms with Crippen LogP contribution < -0.4 is 5.32 Å². The topological polar surface area (TPSA) is 49.3 Å². The van der Waals surface area contributed by atoms with Crippen molar-refractivity contribution in [2.24, 2.45) is 0 Å². The number of rotatable bonds is 1. The van der Waals surface area contributed by atoms with Gasteiger partial charge in [-0.25, -0.2) is 0 Å². The van der Waals surface area contributed by atoms with Gasteiger partial charge in [-0.3, -0.25) is 4.79 Å². The van der Waals surface area contributed by atoms with Crippen LogP contribution in [-0.4, -0.2) is 17.1 Å². The van der Waals surface area contributed by atoms with Crippen LogP contribution in [0, 0.1) is 0 Å². The third-order valence-corrected chi connectivity index (χ3v) is 2.69. The maximum Gasteiger partial charge on any atom is 0.252 e. The molecule has 2 rings (SSSR count). The van der Waals surface area contributed by atoms with Crippen molar-refractivity contribution in [2.45, 2.75) is 12.1 Å². The van der Waals surface area contributed by atoms with E-state index in [1.165, 1.54) is 11.3 Å². The number of carbonyl (C=O) groups excluding carboxylic acids is 1. The summed E-state index contributed by atoms with van der Waals surface area (Å²) < 4.78 is 0. The van der Waals surface area contributed by atoms with Crippen molar-refractivity contribution < 1.29 is 9.90 Å². The van der Waals surface area contributed by atoms with E-state index in [2.05, 4.69) is 5.32 Å². The Kier molecular flexibility index (Phi) is 1.44. The molecule has 2 N–H and O–H groups in total. The number of nitrogens with one attached hydrogen (secondary N) is 1. The zero-order valence-electron chi connectivity index (χ0n) is 5.65. The molecule has 1 amide bonds. The van der Waals surface area contributed by atoms with Crippen molar-refractivity contribution in [3.05, 3.63) is 22.4 Å². The third-order valence-electron chi connectivity index (χ3n) is 1.73. The summed E-state index contributed by atoms with van der Waals surface area (Å²) in [6.45, 7) is 0. The number of carbonyl (C=O) groups is 1. The lowest BCUT2D eigenvalue weighted by Crippen LogP contribution is -2.55. The van der Waals surface area contributed by atoms with Crippen molar-refractivity contribution >= 4 is 17.2 Å². The van der Waals surface area contributed by atoms with Crippen LogP contribution in [0.25, 0.3) is 0 Å². The smallest absolute Gasteiger partial charge is 0.252 e. The molecule has 1 aliphatic rings. The average molecular weight is 169 g/mol. The predicted molar refractivity (Wildman–Crippen MR) is 41.2 cm³/mol. The fourth-order valence-corrected chi connectivity index (χ4v) is 1.87. The molecular weight excluding hydrogens is 162 g/mol.